The fourth-order valence-electron chi connectivity index (χ4n) is 3.61. The third-order valence-corrected chi connectivity index (χ3v) is 6.24. The summed E-state index contributed by atoms with van der Waals surface area (Å²) in [5.74, 6) is 0.794. The summed E-state index contributed by atoms with van der Waals surface area (Å²) in [6.45, 7) is 0. The average molecular weight is 450 g/mol. The van der Waals surface area contributed by atoms with Gasteiger partial charge in [-0.2, -0.15) is 0 Å². The van der Waals surface area contributed by atoms with Gasteiger partial charge in [0.25, 0.3) is 6.17 Å². The molecule has 0 unspecified atom stereocenters. The quantitative estimate of drug-likeness (QED) is 0.319. The minimum atomic E-state index is -0.436. The number of phenols is 1. The van der Waals surface area contributed by atoms with Crippen molar-refractivity contribution in [1.82, 2.24) is 10.1 Å². The summed E-state index contributed by atoms with van der Waals surface area (Å²) in [4.78, 5) is 16.0. The molecule has 1 atom stereocenters. The van der Waals surface area contributed by atoms with Crippen LogP contribution >= 0.6 is 23.4 Å². The minimum Gasteiger partial charge on any atom is -0.508 e. The molecule has 8 heteroatoms. The van der Waals surface area contributed by atoms with Crippen molar-refractivity contribution < 1.29 is 9.79 Å². The molecule has 3 aromatic carbocycles. The normalized spacial score (nSPS) is 14.4. The lowest BCUT2D eigenvalue weighted by molar-refractivity contribution is -0.759. The number of H-pyrrole nitrogens is 1. The summed E-state index contributed by atoms with van der Waals surface area (Å²) in [6.07, 6.45) is -0.436. The van der Waals surface area contributed by atoms with Crippen LogP contribution in [0.3, 0.4) is 0 Å². The molecule has 6 nitrogen and oxygen atoms in total. The number of hydrogen-bond donors (Lipinski definition) is 3. The zero-order valence-corrected chi connectivity index (χ0v) is 17.8. The Bertz CT molecular complexity index is 1320. The number of nitrogens with one attached hydrogen (secondary N) is 2. The third-order valence-electron chi connectivity index (χ3n) is 5.06. The lowest BCUT2D eigenvalue weighted by atomic mass is 10.0. The summed E-state index contributed by atoms with van der Waals surface area (Å²) < 4.78 is 1.69. The highest BCUT2D eigenvalue weighted by molar-refractivity contribution is 7.98. The molecule has 0 radical (unpaired) electrons. The van der Waals surface area contributed by atoms with Crippen LogP contribution in [-0.2, 0) is 5.75 Å². The fraction of sp³-hybridized carbons (Fsp3) is 0.0870. The Labute approximate surface area is 187 Å². The average Bonchev–Trinajstić information content (AvgIpc) is 2.78. The molecule has 0 fully saturated rings. The second-order valence-electron chi connectivity index (χ2n) is 7.16. The van der Waals surface area contributed by atoms with Crippen molar-refractivity contribution in [2.24, 2.45) is 0 Å². The number of aromatic hydroxyl groups is 1. The zero-order valence-electron chi connectivity index (χ0n) is 16.2. The SMILES string of the molecule is O=c1[nH]c(SCc2ccc(Cl)cc2)n[n+]2c1-c1ccccc1N[C@H]2c1cccc(O)c1. The molecule has 1 aliphatic heterocycles. The first-order valence-electron chi connectivity index (χ1n) is 9.67. The van der Waals surface area contributed by atoms with E-state index in [1.807, 2.05) is 54.6 Å². The van der Waals surface area contributed by atoms with E-state index in [4.69, 9.17) is 16.7 Å². The number of aromatic nitrogens is 3. The Morgan fingerprint density at radius 2 is 1.87 bits per heavy atom. The summed E-state index contributed by atoms with van der Waals surface area (Å²) in [6, 6.07) is 22.2. The summed E-state index contributed by atoms with van der Waals surface area (Å²) in [5, 5.41) is 19.4. The summed E-state index contributed by atoms with van der Waals surface area (Å²) in [7, 11) is 0. The number of nitrogens with zero attached hydrogens (tertiary/aromatic N) is 2. The number of para-hydroxylation sites is 1. The number of anilines is 1. The Hall–Kier alpha value is -3.29. The number of benzene rings is 3. The smallest absolute Gasteiger partial charge is 0.325 e. The van der Waals surface area contributed by atoms with Gasteiger partial charge in [0.2, 0.25) is 5.16 Å². The molecule has 154 valence electrons. The molecule has 0 amide bonds. The monoisotopic (exact) mass is 449 g/mol. The Balaban J connectivity index is 1.58. The molecule has 0 spiro atoms. The van der Waals surface area contributed by atoms with E-state index in [9.17, 15) is 9.90 Å². The molecule has 1 aromatic heterocycles. The van der Waals surface area contributed by atoms with Gasteiger partial charge in [-0.25, -0.2) is 0 Å². The van der Waals surface area contributed by atoms with Crippen LogP contribution in [0.5, 0.6) is 5.75 Å². The van der Waals surface area contributed by atoms with Crippen LogP contribution in [0.2, 0.25) is 5.02 Å². The van der Waals surface area contributed by atoms with E-state index >= 15 is 0 Å². The maximum absolute atomic E-state index is 13.1. The number of halogens is 1. The Morgan fingerprint density at radius 3 is 2.68 bits per heavy atom. The predicted octanol–water partition coefficient (Wildman–Crippen LogP) is 4.35. The molecular weight excluding hydrogens is 432 g/mol. The molecule has 0 bridgehead atoms. The maximum Gasteiger partial charge on any atom is 0.325 e. The molecule has 4 aromatic rings. The highest BCUT2D eigenvalue weighted by atomic mass is 35.5. The van der Waals surface area contributed by atoms with Crippen molar-refractivity contribution in [2.45, 2.75) is 17.1 Å². The van der Waals surface area contributed by atoms with Crippen LogP contribution < -0.4 is 15.6 Å². The largest absolute Gasteiger partial charge is 0.508 e. The highest BCUT2D eigenvalue weighted by Crippen LogP contribution is 2.32. The topological polar surface area (TPSA) is 81.9 Å². The van der Waals surface area contributed by atoms with E-state index in [0.717, 1.165) is 22.4 Å². The molecule has 3 N–H and O–H groups in total. The van der Waals surface area contributed by atoms with E-state index in [1.165, 1.54) is 11.8 Å². The Morgan fingerprint density at radius 1 is 1.06 bits per heavy atom. The standard InChI is InChI=1S/C23H17ClN4O2S/c24-16-10-8-14(9-11-16)13-31-23-26-22(30)20-18-6-1-2-7-19(18)25-21(28(20)27-23)15-4-3-5-17(29)12-15/h1-12,21H,13H2,(H2,26,27,29,30)/p+1/t21-/m1/s1. The molecule has 1 aliphatic rings. The number of rotatable bonds is 4. The fourth-order valence-corrected chi connectivity index (χ4v) is 4.54. The van der Waals surface area contributed by atoms with E-state index in [2.05, 4.69) is 10.3 Å². The van der Waals surface area contributed by atoms with Crippen LogP contribution in [0.15, 0.2) is 82.7 Å². The van der Waals surface area contributed by atoms with Gasteiger partial charge >= 0.3 is 11.3 Å². The predicted molar refractivity (Wildman–Crippen MR) is 121 cm³/mol. The Kier molecular flexibility index (Phi) is 5.13. The number of aromatic amines is 1. The van der Waals surface area contributed by atoms with Crippen LogP contribution in [0, 0.1) is 0 Å². The van der Waals surface area contributed by atoms with Crippen molar-refractivity contribution in [3.8, 4) is 17.0 Å². The van der Waals surface area contributed by atoms with Gasteiger partial charge in [0.15, 0.2) is 0 Å². The van der Waals surface area contributed by atoms with Gasteiger partial charge in [-0.1, -0.05) is 53.7 Å². The number of hydrogen-bond acceptors (Lipinski definition) is 5. The van der Waals surface area contributed by atoms with Crippen LogP contribution in [0.4, 0.5) is 5.69 Å². The molecule has 31 heavy (non-hydrogen) atoms. The zero-order chi connectivity index (χ0) is 21.4. The lowest BCUT2D eigenvalue weighted by Crippen LogP contribution is -2.55. The van der Waals surface area contributed by atoms with Crippen molar-refractivity contribution in [1.29, 1.82) is 0 Å². The van der Waals surface area contributed by atoms with Crippen LogP contribution in [0.25, 0.3) is 11.3 Å². The molecule has 0 saturated carbocycles. The molecule has 2 heterocycles. The van der Waals surface area contributed by atoms with E-state index in [1.54, 1.807) is 22.9 Å². The van der Waals surface area contributed by atoms with E-state index in [0.29, 0.717) is 21.6 Å². The molecule has 5 rings (SSSR count). The van der Waals surface area contributed by atoms with Crippen molar-refractivity contribution in [3.63, 3.8) is 0 Å². The van der Waals surface area contributed by atoms with Crippen LogP contribution in [-0.4, -0.2) is 15.2 Å². The minimum absolute atomic E-state index is 0.155. The first-order valence-corrected chi connectivity index (χ1v) is 11.0. The number of thioether (sulfide) groups is 1. The van der Waals surface area contributed by atoms with Gasteiger partial charge in [0.1, 0.15) is 5.75 Å². The number of fused-ring (bicyclic) bond motifs is 3. The van der Waals surface area contributed by atoms with Gasteiger partial charge in [0.05, 0.1) is 11.3 Å². The van der Waals surface area contributed by atoms with Crippen molar-refractivity contribution in [3.05, 3.63) is 99.3 Å². The lowest BCUT2D eigenvalue weighted by Gasteiger charge is -2.22. The summed E-state index contributed by atoms with van der Waals surface area (Å²) >= 11 is 7.40. The second-order valence-corrected chi connectivity index (χ2v) is 8.56. The number of phenolic OH excluding ortho intramolecular Hbond substituents is 1. The van der Waals surface area contributed by atoms with Gasteiger partial charge in [-0.3, -0.25) is 9.78 Å². The first-order chi connectivity index (χ1) is 15.1. The van der Waals surface area contributed by atoms with Gasteiger partial charge in [-0.15, -0.1) is 0 Å². The summed E-state index contributed by atoms with van der Waals surface area (Å²) in [5.41, 5.74) is 3.75. The second kappa shape index (κ2) is 8.09. The van der Waals surface area contributed by atoms with E-state index < -0.39 is 6.17 Å². The van der Waals surface area contributed by atoms with Gasteiger partial charge in [-0.05, 0) is 52.7 Å². The van der Waals surface area contributed by atoms with E-state index in [-0.39, 0.29) is 11.3 Å². The molecule has 0 aliphatic carbocycles. The molecular formula is C23H18ClN4O2S+. The van der Waals surface area contributed by atoms with Crippen molar-refractivity contribution in [2.75, 3.05) is 5.32 Å². The van der Waals surface area contributed by atoms with Crippen LogP contribution in [0.1, 0.15) is 17.3 Å². The highest BCUT2D eigenvalue weighted by Gasteiger charge is 2.37. The van der Waals surface area contributed by atoms with Crippen molar-refractivity contribution >= 4 is 29.1 Å². The third kappa shape index (κ3) is 3.89. The maximum atomic E-state index is 13.1. The van der Waals surface area contributed by atoms with Gasteiger partial charge in [0, 0.05) is 21.4 Å². The molecule has 0 saturated heterocycles. The first kappa shape index (κ1) is 19.7. The van der Waals surface area contributed by atoms with Gasteiger partial charge < -0.3 is 10.4 Å².